The van der Waals surface area contributed by atoms with E-state index in [1.165, 1.54) is 0 Å². The summed E-state index contributed by atoms with van der Waals surface area (Å²) in [6.07, 6.45) is 4.11. The van der Waals surface area contributed by atoms with Gasteiger partial charge in [-0.3, -0.25) is 4.79 Å². The molecule has 226 valence electrons. The molecule has 4 aromatic carbocycles. The summed E-state index contributed by atoms with van der Waals surface area (Å²) in [5, 5.41) is 20.4. The number of rotatable bonds is 6. The maximum absolute atomic E-state index is 13.7. The minimum absolute atomic E-state index is 0. The van der Waals surface area contributed by atoms with E-state index in [0.717, 1.165) is 58.7 Å². The number of carbonyl (C=O) groups is 3. The Morgan fingerprint density at radius 1 is 0.727 bits per heavy atom. The Hall–Kier alpha value is -4.13. The molecule has 5 rings (SSSR count). The normalized spacial score (nSPS) is 13.6. The van der Waals surface area contributed by atoms with Gasteiger partial charge in [0.2, 0.25) is 0 Å². The third kappa shape index (κ3) is 7.87. The summed E-state index contributed by atoms with van der Waals surface area (Å²) in [5.74, 6) is -1.54. The first-order valence-electron chi connectivity index (χ1n) is 14.1. The Labute approximate surface area is 269 Å². The third-order valence-electron chi connectivity index (χ3n) is 7.98. The fourth-order valence-corrected chi connectivity index (χ4v) is 5.77. The second-order valence-corrected chi connectivity index (χ2v) is 10.9. The topological polar surface area (TPSA) is 169 Å². The SMILES string of the molecule is Cc1cc(-c2ccccc2)cc(C)c1NC(=O)Nc1cc2ccccc2cc1C(=O)NC1(C(=O)O)CCCCCC1.O.[Li+].[OH-]. The van der Waals surface area contributed by atoms with Crippen LogP contribution in [0.15, 0.2) is 78.9 Å². The standard InChI is InChI=1S/C34H35N3O4.Li.2H2O/c1-22-18-27(24-12-6-5-7-13-24)19-23(2)30(22)36-33(41)35-29-21-26-15-9-8-14-25(26)20-28(29)31(38)37-34(32(39)40)16-10-3-4-11-17-34;;;/h5-9,12-15,18-21H,3-4,10-11,16-17H2,1-2H3,(H,37,38)(H,39,40)(H2,35,36,41);;2*1H2/q;+1;;/p-1. The molecule has 0 atom stereocenters. The molecule has 44 heavy (non-hydrogen) atoms. The van der Waals surface area contributed by atoms with E-state index in [4.69, 9.17) is 0 Å². The van der Waals surface area contributed by atoms with Gasteiger partial charge in [-0.15, -0.1) is 0 Å². The van der Waals surface area contributed by atoms with E-state index >= 15 is 0 Å². The Bertz CT molecular complexity index is 1600. The number of fused-ring (bicyclic) bond motifs is 1. The number of hydrogen-bond acceptors (Lipinski definition) is 4. The van der Waals surface area contributed by atoms with Gasteiger partial charge in [0.05, 0.1) is 11.3 Å². The minimum atomic E-state index is -1.33. The second kappa shape index (κ2) is 15.6. The van der Waals surface area contributed by atoms with E-state index in [2.05, 4.69) is 16.0 Å². The van der Waals surface area contributed by atoms with Gasteiger partial charge < -0.3 is 32.0 Å². The molecule has 1 fully saturated rings. The number of carbonyl (C=O) groups excluding carboxylic acids is 2. The van der Waals surface area contributed by atoms with Crippen molar-refractivity contribution in [2.24, 2.45) is 0 Å². The fraction of sp³-hybridized carbons (Fsp3) is 0.265. The smallest absolute Gasteiger partial charge is 0.870 e. The van der Waals surface area contributed by atoms with E-state index in [9.17, 15) is 19.5 Å². The maximum Gasteiger partial charge on any atom is 1.00 e. The van der Waals surface area contributed by atoms with Crippen molar-refractivity contribution in [1.82, 2.24) is 5.32 Å². The number of hydrogen-bond donors (Lipinski definition) is 4. The van der Waals surface area contributed by atoms with Crippen LogP contribution in [-0.2, 0) is 4.79 Å². The molecule has 3 amide bonds. The monoisotopic (exact) mass is 591 g/mol. The summed E-state index contributed by atoms with van der Waals surface area (Å²) in [7, 11) is 0. The Morgan fingerprint density at radius 3 is 1.84 bits per heavy atom. The molecule has 0 aromatic heterocycles. The number of carboxylic acid groups (broad SMARTS) is 1. The van der Waals surface area contributed by atoms with Crippen molar-refractivity contribution in [2.75, 3.05) is 10.6 Å². The van der Waals surface area contributed by atoms with Crippen LogP contribution in [0.4, 0.5) is 16.2 Å². The molecule has 7 N–H and O–H groups in total. The average Bonchev–Trinajstić information content (AvgIpc) is 3.21. The molecule has 4 aromatic rings. The van der Waals surface area contributed by atoms with Gasteiger partial charge in [0.15, 0.2) is 0 Å². The zero-order valence-electron chi connectivity index (χ0n) is 25.4. The van der Waals surface area contributed by atoms with Gasteiger partial charge in [-0.05, 0) is 84.0 Å². The number of aryl methyl sites for hydroxylation is 2. The molecule has 0 aliphatic heterocycles. The average molecular weight is 592 g/mol. The van der Waals surface area contributed by atoms with Crippen LogP contribution in [0.2, 0.25) is 0 Å². The van der Waals surface area contributed by atoms with E-state index in [1.54, 1.807) is 12.1 Å². The van der Waals surface area contributed by atoms with Gasteiger partial charge in [-0.2, -0.15) is 0 Å². The van der Waals surface area contributed by atoms with Gasteiger partial charge in [0, 0.05) is 5.69 Å². The van der Waals surface area contributed by atoms with Gasteiger partial charge in [0.1, 0.15) is 5.54 Å². The molecule has 0 heterocycles. The van der Waals surface area contributed by atoms with Crippen molar-refractivity contribution in [3.05, 3.63) is 95.6 Å². The molecular formula is C34H38LiN3O6. The molecule has 1 aliphatic carbocycles. The largest absolute Gasteiger partial charge is 1.00 e. The molecule has 9 nitrogen and oxygen atoms in total. The molecule has 10 heteroatoms. The van der Waals surface area contributed by atoms with Crippen LogP contribution < -0.4 is 34.8 Å². The third-order valence-corrected chi connectivity index (χ3v) is 7.98. The van der Waals surface area contributed by atoms with E-state index in [1.807, 2.05) is 80.6 Å². The van der Waals surface area contributed by atoms with Crippen molar-refractivity contribution >= 4 is 40.1 Å². The summed E-state index contributed by atoms with van der Waals surface area (Å²) < 4.78 is 0. The van der Waals surface area contributed by atoms with E-state index < -0.39 is 23.4 Å². The number of anilines is 2. The van der Waals surface area contributed by atoms with Crippen LogP contribution in [0.5, 0.6) is 0 Å². The predicted molar refractivity (Wildman–Crippen MR) is 169 cm³/mol. The van der Waals surface area contributed by atoms with Gasteiger partial charge in [-0.1, -0.05) is 80.3 Å². The molecule has 0 saturated heterocycles. The maximum atomic E-state index is 13.7. The van der Waals surface area contributed by atoms with Gasteiger partial charge in [0.25, 0.3) is 5.91 Å². The summed E-state index contributed by atoms with van der Waals surface area (Å²) in [6, 6.07) is 24.6. The number of urea groups is 1. The van der Waals surface area contributed by atoms with Crippen LogP contribution in [-0.4, -0.2) is 39.5 Å². The number of amides is 3. The minimum Gasteiger partial charge on any atom is -0.870 e. The first-order valence-corrected chi connectivity index (χ1v) is 14.1. The van der Waals surface area contributed by atoms with E-state index in [0.29, 0.717) is 24.2 Å². The van der Waals surface area contributed by atoms with Crippen molar-refractivity contribution in [1.29, 1.82) is 0 Å². The van der Waals surface area contributed by atoms with Crippen molar-refractivity contribution < 1.29 is 49.3 Å². The molecule has 0 spiro atoms. The number of nitrogens with one attached hydrogen (secondary N) is 3. The van der Waals surface area contributed by atoms with Crippen LogP contribution in [0.3, 0.4) is 0 Å². The van der Waals surface area contributed by atoms with Crippen LogP contribution in [0.1, 0.15) is 60.0 Å². The Morgan fingerprint density at radius 2 is 1.27 bits per heavy atom. The molecule has 0 radical (unpaired) electrons. The van der Waals surface area contributed by atoms with Crippen molar-refractivity contribution in [2.45, 2.75) is 57.9 Å². The number of benzene rings is 4. The zero-order valence-corrected chi connectivity index (χ0v) is 25.4. The molecule has 1 aliphatic rings. The van der Waals surface area contributed by atoms with Gasteiger partial charge >= 0.3 is 30.9 Å². The van der Waals surface area contributed by atoms with E-state index in [-0.39, 0.29) is 35.4 Å². The fourth-order valence-electron chi connectivity index (χ4n) is 5.77. The summed E-state index contributed by atoms with van der Waals surface area (Å²) in [6.45, 7) is 3.89. The van der Waals surface area contributed by atoms with Crippen molar-refractivity contribution in [3.63, 3.8) is 0 Å². The number of aliphatic carboxylic acids is 1. The summed E-state index contributed by atoms with van der Waals surface area (Å²) >= 11 is 0. The molecule has 1 saturated carbocycles. The number of carboxylic acids is 1. The van der Waals surface area contributed by atoms with Gasteiger partial charge in [-0.25, -0.2) is 9.59 Å². The summed E-state index contributed by atoms with van der Waals surface area (Å²) in [4.78, 5) is 39.3. The van der Waals surface area contributed by atoms with Crippen LogP contribution in [0, 0.1) is 13.8 Å². The predicted octanol–water partition coefficient (Wildman–Crippen LogP) is 3.68. The summed E-state index contributed by atoms with van der Waals surface area (Å²) in [5.41, 5.74) is 3.87. The first kappa shape index (κ1) is 36.1. The van der Waals surface area contributed by atoms with Crippen LogP contribution in [0.25, 0.3) is 21.9 Å². The van der Waals surface area contributed by atoms with Crippen molar-refractivity contribution in [3.8, 4) is 11.1 Å². The second-order valence-electron chi connectivity index (χ2n) is 10.9. The molecule has 0 unspecified atom stereocenters. The molecule has 0 bridgehead atoms. The Kier molecular flexibility index (Phi) is 12.7. The molecular weight excluding hydrogens is 553 g/mol. The Balaban J connectivity index is 0.00000225. The van der Waals surface area contributed by atoms with Crippen LogP contribution >= 0.6 is 0 Å². The zero-order chi connectivity index (χ0) is 29.0. The quantitative estimate of drug-likeness (QED) is 0.198. The first-order chi connectivity index (χ1) is 19.8.